The maximum Gasteiger partial charge on any atom is 0.336 e. The number of amides is 1. The highest BCUT2D eigenvalue weighted by Gasteiger charge is 2.06. The molecule has 2 aromatic carbocycles. The van der Waals surface area contributed by atoms with E-state index in [1.165, 1.54) is 6.08 Å². The minimum atomic E-state index is -0.491. The van der Waals surface area contributed by atoms with Crippen LogP contribution in [-0.4, -0.2) is 16.9 Å². The van der Waals surface area contributed by atoms with Crippen LogP contribution < -0.4 is 10.1 Å². The first-order valence-corrected chi connectivity index (χ1v) is 7.97. The number of ether oxygens (including phenoxy) is 1. The molecule has 1 aromatic heterocycles. The molecule has 0 fully saturated rings. The molecule has 26 heavy (non-hydrogen) atoms. The lowest BCUT2D eigenvalue weighted by molar-refractivity contribution is -0.128. The van der Waals surface area contributed by atoms with Crippen molar-refractivity contribution in [3.63, 3.8) is 0 Å². The van der Waals surface area contributed by atoms with E-state index < -0.39 is 5.97 Å². The molecule has 5 nitrogen and oxygen atoms in total. The summed E-state index contributed by atoms with van der Waals surface area (Å²) < 4.78 is 5.22. The van der Waals surface area contributed by atoms with Crippen LogP contribution in [0.1, 0.15) is 15.9 Å². The van der Waals surface area contributed by atoms with E-state index in [1.807, 2.05) is 12.1 Å². The van der Waals surface area contributed by atoms with Gasteiger partial charge in [0.15, 0.2) is 0 Å². The van der Waals surface area contributed by atoms with Gasteiger partial charge < -0.3 is 10.1 Å². The number of carbonyl (C=O) groups excluding carboxylic acids is 2. The van der Waals surface area contributed by atoms with Crippen LogP contribution in [0, 0.1) is 0 Å². The van der Waals surface area contributed by atoms with Crippen molar-refractivity contribution in [3.05, 3.63) is 96.3 Å². The van der Waals surface area contributed by atoms with Gasteiger partial charge in [0.2, 0.25) is 0 Å². The van der Waals surface area contributed by atoms with Crippen molar-refractivity contribution in [2.45, 2.75) is 0 Å². The van der Waals surface area contributed by atoms with Crippen molar-refractivity contribution in [1.29, 1.82) is 0 Å². The second-order valence-electron chi connectivity index (χ2n) is 5.39. The van der Waals surface area contributed by atoms with Crippen LogP contribution >= 0.6 is 0 Å². The van der Waals surface area contributed by atoms with Gasteiger partial charge in [-0.15, -0.1) is 0 Å². The number of nitrogens with one attached hydrogen (secondary N) is 1. The van der Waals surface area contributed by atoms with Gasteiger partial charge in [-0.05, 0) is 54.1 Å². The van der Waals surface area contributed by atoms with Crippen molar-refractivity contribution in [2.75, 3.05) is 5.32 Å². The summed E-state index contributed by atoms with van der Waals surface area (Å²) in [5.74, 6) is -0.298. The average Bonchev–Trinajstić information content (AvgIpc) is 2.69. The molecule has 128 valence electrons. The van der Waals surface area contributed by atoms with E-state index >= 15 is 0 Å². The Morgan fingerprint density at radius 3 is 2.38 bits per heavy atom. The van der Waals surface area contributed by atoms with Crippen LogP contribution in [0.3, 0.4) is 0 Å². The largest absolute Gasteiger partial charge is 0.423 e. The molecule has 0 saturated heterocycles. The summed E-state index contributed by atoms with van der Waals surface area (Å²) in [7, 11) is 0. The van der Waals surface area contributed by atoms with Crippen molar-refractivity contribution < 1.29 is 14.3 Å². The fraction of sp³-hybridized carbons (Fsp3) is 0. The van der Waals surface area contributed by atoms with Crippen LogP contribution in [0.4, 0.5) is 5.69 Å². The molecule has 0 radical (unpaired) electrons. The normalized spacial score (nSPS) is 10.5. The van der Waals surface area contributed by atoms with E-state index in [0.29, 0.717) is 17.0 Å². The summed E-state index contributed by atoms with van der Waals surface area (Å²) in [6.45, 7) is 0. The van der Waals surface area contributed by atoms with Gasteiger partial charge in [0.25, 0.3) is 5.91 Å². The lowest BCUT2D eigenvalue weighted by Crippen LogP contribution is -2.11. The summed E-state index contributed by atoms with van der Waals surface area (Å²) in [6, 6.07) is 19.1. The Labute approximate surface area is 151 Å². The number of pyridine rings is 1. The van der Waals surface area contributed by atoms with Crippen LogP contribution in [0.25, 0.3) is 6.08 Å². The Kier molecular flexibility index (Phi) is 5.52. The number of benzene rings is 2. The first-order chi connectivity index (χ1) is 12.7. The minimum absolute atomic E-state index is 0.199. The van der Waals surface area contributed by atoms with Crippen LogP contribution in [-0.2, 0) is 4.79 Å². The smallest absolute Gasteiger partial charge is 0.336 e. The molecule has 0 saturated carbocycles. The molecule has 1 heterocycles. The molecule has 1 N–H and O–H groups in total. The van der Waals surface area contributed by atoms with Gasteiger partial charge in [0.05, 0.1) is 0 Å². The third-order valence-electron chi connectivity index (χ3n) is 3.46. The minimum Gasteiger partial charge on any atom is -0.423 e. The molecule has 3 aromatic rings. The Morgan fingerprint density at radius 2 is 1.69 bits per heavy atom. The molecule has 0 spiro atoms. The molecule has 0 aliphatic heterocycles. The summed E-state index contributed by atoms with van der Waals surface area (Å²) in [5, 5.41) is 2.79. The standard InChI is InChI=1S/C21H16N2O3/c24-20(13-8-16-5-4-14-22-15-16)26-19-11-9-18(10-12-19)23-21(25)17-6-2-1-3-7-17/h1-15H,(H,23,25)/b13-8+. The van der Waals surface area contributed by atoms with E-state index in [0.717, 1.165) is 5.56 Å². The molecule has 1 amide bonds. The molecule has 0 bridgehead atoms. The number of esters is 1. The van der Waals surface area contributed by atoms with E-state index in [1.54, 1.807) is 73.1 Å². The summed E-state index contributed by atoms with van der Waals surface area (Å²) in [5.41, 5.74) is 2.00. The second kappa shape index (κ2) is 8.39. The molecular weight excluding hydrogens is 328 g/mol. The number of aromatic nitrogens is 1. The maximum absolute atomic E-state index is 12.1. The SMILES string of the molecule is O=C(/C=C/c1cccnc1)Oc1ccc(NC(=O)c2ccccc2)cc1. The van der Waals surface area contributed by atoms with Crippen molar-refractivity contribution in [1.82, 2.24) is 4.98 Å². The van der Waals surface area contributed by atoms with Crippen LogP contribution in [0.2, 0.25) is 0 Å². The van der Waals surface area contributed by atoms with E-state index in [4.69, 9.17) is 4.74 Å². The first-order valence-electron chi connectivity index (χ1n) is 7.97. The predicted octanol–water partition coefficient (Wildman–Crippen LogP) is 3.95. The second-order valence-corrected chi connectivity index (χ2v) is 5.39. The van der Waals surface area contributed by atoms with Gasteiger partial charge >= 0.3 is 5.97 Å². The monoisotopic (exact) mass is 344 g/mol. The summed E-state index contributed by atoms with van der Waals surface area (Å²) in [4.78, 5) is 27.9. The van der Waals surface area contributed by atoms with Gasteiger partial charge in [-0.2, -0.15) is 0 Å². The highest BCUT2D eigenvalue weighted by Crippen LogP contribution is 2.17. The lowest BCUT2D eigenvalue weighted by Gasteiger charge is -2.06. The fourth-order valence-corrected chi connectivity index (χ4v) is 2.19. The van der Waals surface area contributed by atoms with Crippen LogP contribution in [0.15, 0.2) is 85.2 Å². The molecule has 0 unspecified atom stereocenters. The number of carbonyl (C=O) groups is 2. The molecule has 5 heteroatoms. The molecular formula is C21H16N2O3. The lowest BCUT2D eigenvalue weighted by atomic mass is 10.2. The number of anilines is 1. The Balaban J connectivity index is 1.56. The topological polar surface area (TPSA) is 68.3 Å². The van der Waals surface area contributed by atoms with Crippen molar-refractivity contribution in [3.8, 4) is 5.75 Å². The number of hydrogen-bond acceptors (Lipinski definition) is 4. The third kappa shape index (κ3) is 4.88. The molecule has 0 aliphatic carbocycles. The van der Waals surface area contributed by atoms with Crippen molar-refractivity contribution >= 4 is 23.6 Å². The number of hydrogen-bond donors (Lipinski definition) is 1. The van der Waals surface area contributed by atoms with Crippen molar-refractivity contribution in [2.24, 2.45) is 0 Å². The van der Waals surface area contributed by atoms with Gasteiger partial charge in [-0.1, -0.05) is 24.3 Å². The highest BCUT2D eigenvalue weighted by atomic mass is 16.5. The van der Waals surface area contributed by atoms with Gasteiger partial charge in [-0.3, -0.25) is 9.78 Å². The van der Waals surface area contributed by atoms with Gasteiger partial charge in [0, 0.05) is 29.7 Å². The first kappa shape index (κ1) is 17.1. The van der Waals surface area contributed by atoms with E-state index in [-0.39, 0.29) is 5.91 Å². The Morgan fingerprint density at radius 1 is 0.923 bits per heavy atom. The van der Waals surface area contributed by atoms with Gasteiger partial charge in [0.1, 0.15) is 5.75 Å². The highest BCUT2D eigenvalue weighted by molar-refractivity contribution is 6.04. The third-order valence-corrected chi connectivity index (χ3v) is 3.46. The van der Waals surface area contributed by atoms with Crippen LogP contribution in [0.5, 0.6) is 5.75 Å². The summed E-state index contributed by atoms with van der Waals surface area (Å²) in [6.07, 6.45) is 6.27. The summed E-state index contributed by atoms with van der Waals surface area (Å²) >= 11 is 0. The predicted molar refractivity (Wildman–Crippen MR) is 99.7 cm³/mol. The fourth-order valence-electron chi connectivity index (χ4n) is 2.19. The number of nitrogens with zero attached hydrogens (tertiary/aromatic N) is 1. The maximum atomic E-state index is 12.1. The Hall–Kier alpha value is -3.73. The zero-order valence-electron chi connectivity index (χ0n) is 13.8. The zero-order valence-corrected chi connectivity index (χ0v) is 13.8. The average molecular weight is 344 g/mol. The molecule has 0 aliphatic rings. The Bertz CT molecular complexity index is 905. The molecule has 0 atom stereocenters. The molecule has 3 rings (SSSR count). The quantitative estimate of drug-likeness (QED) is 0.432. The van der Waals surface area contributed by atoms with Gasteiger partial charge in [-0.25, -0.2) is 4.79 Å². The van der Waals surface area contributed by atoms with E-state index in [9.17, 15) is 9.59 Å². The zero-order chi connectivity index (χ0) is 18.2. The van der Waals surface area contributed by atoms with E-state index in [2.05, 4.69) is 10.3 Å². The number of rotatable bonds is 5.